The van der Waals surface area contributed by atoms with Crippen LogP contribution in [0, 0.1) is 12.3 Å². The van der Waals surface area contributed by atoms with Gasteiger partial charge >= 0.3 is 0 Å². The number of aryl methyl sites for hydroxylation is 1. The van der Waals surface area contributed by atoms with Crippen molar-refractivity contribution in [2.24, 2.45) is 11.1 Å². The largest absolute Gasteiger partial charge is 0.330 e. The molecular formula is C12H19N. The van der Waals surface area contributed by atoms with Crippen molar-refractivity contribution in [2.75, 3.05) is 6.54 Å². The van der Waals surface area contributed by atoms with Crippen LogP contribution >= 0.6 is 0 Å². The summed E-state index contributed by atoms with van der Waals surface area (Å²) in [5.41, 5.74) is 8.62. The first-order chi connectivity index (χ1) is 6.03. The topological polar surface area (TPSA) is 26.0 Å². The fraction of sp³-hybridized carbons (Fsp3) is 0.500. The van der Waals surface area contributed by atoms with Gasteiger partial charge in [-0.2, -0.15) is 0 Å². The zero-order chi connectivity index (χ0) is 9.90. The molecule has 0 amide bonds. The molecule has 0 fully saturated rings. The second-order valence-corrected chi connectivity index (χ2v) is 4.53. The lowest BCUT2D eigenvalue weighted by Crippen LogP contribution is -2.25. The highest BCUT2D eigenvalue weighted by Gasteiger charge is 2.15. The van der Waals surface area contributed by atoms with Crippen LogP contribution in [-0.4, -0.2) is 6.54 Å². The third-order valence-corrected chi connectivity index (χ3v) is 2.32. The Kier molecular flexibility index (Phi) is 3.10. The van der Waals surface area contributed by atoms with E-state index < -0.39 is 0 Å². The van der Waals surface area contributed by atoms with Crippen LogP contribution in [-0.2, 0) is 6.42 Å². The van der Waals surface area contributed by atoms with Gasteiger partial charge in [0.05, 0.1) is 0 Å². The normalized spacial score (nSPS) is 11.7. The Morgan fingerprint density at radius 1 is 1.31 bits per heavy atom. The Labute approximate surface area is 81.0 Å². The van der Waals surface area contributed by atoms with Crippen LogP contribution in [0.25, 0.3) is 0 Å². The zero-order valence-corrected chi connectivity index (χ0v) is 8.80. The second-order valence-electron chi connectivity index (χ2n) is 4.53. The zero-order valence-electron chi connectivity index (χ0n) is 8.80. The van der Waals surface area contributed by atoms with Crippen LogP contribution in [0.4, 0.5) is 0 Å². The Bertz CT molecular complexity index is 276. The number of hydrogen-bond acceptors (Lipinski definition) is 1. The summed E-state index contributed by atoms with van der Waals surface area (Å²) in [6.07, 6.45) is 1.06. The van der Waals surface area contributed by atoms with Gasteiger partial charge < -0.3 is 5.73 Å². The highest BCUT2D eigenvalue weighted by atomic mass is 14.6. The van der Waals surface area contributed by atoms with Crippen molar-refractivity contribution in [3.63, 3.8) is 0 Å². The van der Waals surface area contributed by atoms with Gasteiger partial charge in [-0.1, -0.05) is 43.7 Å². The molecule has 0 saturated heterocycles. The molecule has 0 radical (unpaired) electrons. The van der Waals surface area contributed by atoms with Crippen molar-refractivity contribution < 1.29 is 0 Å². The average Bonchev–Trinajstić information content (AvgIpc) is 2.03. The smallest absolute Gasteiger partial charge is 0.00226 e. The minimum absolute atomic E-state index is 0.216. The molecule has 0 spiro atoms. The van der Waals surface area contributed by atoms with E-state index in [1.165, 1.54) is 11.1 Å². The molecule has 0 aliphatic carbocycles. The molecule has 0 bridgehead atoms. The van der Waals surface area contributed by atoms with Crippen LogP contribution < -0.4 is 5.73 Å². The maximum Gasteiger partial charge on any atom is -0.00226 e. The van der Waals surface area contributed by atoms with E-state index in [-0.39, 0.29) is 5.41 Å². The molecule has 1 nitrogen and oxygen atoms in total. The van der Waals surface area contributed by atoms with Crippen LogP contribution in [0.15, 0.2) is 24.3 Å². The van der Waals surface area contributed by atoms with E-state index in [1.807, 2.05) is 0 Å². The van der Waals surface area contributed by atoms with Crippen molar-refractivity contribution in [2.45, 2.75) is 27.2 Å². The van der Waals surface area contributed by atoms with Crippen LogP contribution in [0.1, 0.15) is 25.0 Å². The number of rotatable bonds is 3. The van der Waals surface area contributed by atoms with Gasteiger partial charge in [0.25, 0.3) is 0 Å². The van der Waals surface area contributed by atoms with Gasteiger partial charge in [0.15, 0.2) is 0 Å². The van der Waals surface area contributed by atoms with Gasteiger partial charge in [-0.05, 0) is 30.9 Å². The molecule has 13 heavy (non-hydrogen) atoms. The lowest BCUT2D eigenvalue weighted by molar-refractivity contribution is 0.377. The number of benzene rings is 1. The van der Waals surface area contributed by atoms with E-state index in [9.17, 15) is 0 Å². The third-order valence-electron chi connectivity index (χ3n) is 2.32. The molecule has 2 N–H and O–H groups in total. The van der Waals surface area contributed by atoms with Crippen molar-refractivity contribution in [3.05, 3.63) is 35.4 Å². The van der Waals surface area contributed by atoms with Gasteiger partial charge in [0, 0.05) is 0 Å². The quantitative estimate of drug-likeness (QED) is 0.754. The molecule has 0 atom stereocenters. The summed E-state index contributed by atoms with van der Waals surface area (Å²) in [7, 11) is 0. The monoisotopic (exact) mass is 177 g/mol. The molecule has 0 heterocycles. The molecule has 1 aromatic rings. The molecule has 1 heteroatoms. The highest BCUT2D eigenvalue weighted by Crippen LogP contribution is 2.20. The molecule has 0 aliphatic heterocycles. The van der Waals surface area contributed by atoms with Crippen molar-refractivity contribution in [1.29, 1.82) is 0 Å². The van der Waals surface area contributed by atoms with Crippen LogP contribution in [0.5, 0.6) is 0 Å². The first-order valence-corrected chi connectivity index (χ1v) is 4.79. The van der Waals surface area contributed by atoms with E-state index in [2.05, 4.69) is 45.0 Å². The van der Waals surface area contributed by atoms with Gasteiger partial charge in [0.2, 0.25) is 0 Å². The molecule has 0 saturated carbocycles. The Hall–Kier alpha value is -0.820. The van der Waals surface area contributed by atoms with Gasteiger partial charge in [0.1, 0.15) is 0 Å². The van der Waals surface area contributed by atoms with Gasteiger partial charge in [-0.3, -0.25) is 0 Å². The minimum atomic E-state index is 0.216. The van der Waals surface area contributed by atoms with E-state index in [0.29, 0.717) is 0 Å². The van der Waals surface area contributed by atoms with E-state index in [4.69, 9.17) is 5.73 Å². The SMILES string of the molecule is Cc1cccc(CC(C)(C)CN)c1. The Balaban J connectivity index is 2.74. The number of hydrogen-bond donors (Lipinski definition) is 1. The summed E-state index contributed by atoms with van der Waals surface area (Å²) in [5, 5.41) is 0. The Morgan fingerprint density at radius 2 is 2.00 bits per heavy atom. The maximum atomic E-state index is 5.69. The summed E-state index contributed by atoms with van der Waals surface area (Å²) in [5.74, 6) is 0. The van der Waals surface area contributed by atoms with Crippen LogP contribution in [0.3, 0.4) is 0 Å². The molecule has 1 aromatic carbocycles. The molecule has 0 unspecified atom stereocenters. The average molecular weight is 177 g/mol. The fourth-order valence-corrected chi connectivity index (χ4v) is 1.45. The molecule has 0 aliphatic rings. The van der Waals surface area contributed by atoms with Crippen molar-refractivity contribution >= 4 is 0 Å². The third kappa shape index (κ3) is 3.19. The van der Waals surface area contributed by atoms with Gasteiger partial charge in [-0.15, -0.1) is 0 Å². The molecular weight excluding hydrogens is 158 g/mol. The molecule has 0 aromatic heterocycles. The van der Waals surface area contributed by atoms with Crippen molar-refractivity contribution in [1.82, 2.24) is 0 Å². The summed E-state index contributed by atoms with van der Waals surface area (Å²) in [6, 6.07) is 8.64. The molecule has 1 rings (SSSR count). The first kappa shape index (κ1) is 10.3. The highest BCUT2D eigenvalue weighted by molar-refractivity contribution is 5.23. The first-order valence-electron chi connectivity index (χ1n) is 4.79. The number of nitrogens with two attached hydrogens (primary N) is 1. The minimum Gasteiger partial charge on any atom is -0.330 e. The van der Waals surface area contributed by atoms with E-state index in [1.54, 1.807) is 0 Å². The predicted octanol–water partition coefficient (Wildman–Crippen LogP) is 2.52. The Morgan fingerprint density at radius 3 is 2.54 bits per heavy atom. The van der Waals surface area contributed by atoms with Crippen molar-refractivity contribution in [3.8, 4) is 0 Å². The maximum absolute atomic E-state index is 5.69. The fourth-order valence-electron chi connectivity index (χ4n) is 1.45. The standard InChI is InChI=1S/C12H19N/c1-10-5-4-6-11(7-10)8-12(2,3)9-13/h4-7H,8-9,13H2,1-3H3. The summed E-state index contributed by atoms with van der Waals surface area (Å²) >= 11 is 0. The summed E-state index contributed by atoms with van der Waals surface area (Å²) in [4.78, 5) is 0. The lowest BCUT2D eigenvalue weighted by atomic mass is 9.86. The van der Waals surface area contributed by atoms with Crippen LogP contribution in [0.2, 0.25) is 0 Å². The molecule has 72 valence electrons. The predicted molar refractivity (Wildman–Crippen MR) is 57.7 cm³/mol. The lowest BCUT2D eigenvalue weighted by Gasteiger charge is -2.22. The van der Waals surface area contributed by atoms with Gasteiger partial charge in [-0.25, -0.2) is 0 Å². The van der Waals surface area contributed by atoms with E-state index in [0.717, 1.165) is 13.0 Å². The second kappa shape index (κ2) is 3.93. The summed E-state index contributed by atoms with van der Waals surface area (Å²) in [6.45, 7) is 7.27. The summed E-state index contributed by atoms with van der Waals surface area (Å²) < 4.78 is 0. The van der Waals surface area contributed by atoms with E-state index >= 15 is 0 Å².